The number of fused-ring (bicyclic) bond motifs is 1. The number of nitrogens with one attached hydrogen (secondary N) is 1. The number of carbonyl (C=O) groups excluding carboxylic acids is 1. The minimum Gasteiger partial charge on any atom is -0.484 e. The molecule has 5 nitrogen and oxygen atoms in total. The molecule has 1 amide bonds. The van der Waals surface area contributed by atoms with Gasteiger partial charge in [-0.25, -0.2) is 0 Å². The van der Waals surface area contributed by atoms with Gasteiger partial charge in [0.25, 0.3) is 5.91 Å². The number of hydrogen-bond acceptors (Lipinski definition) is 3. The molecule has 1 saturated carbocycles. The van der Waals surface area contributed by atoms with E-state index < -0.39 is 0 Å². The van der Waals surface area contributed by atoms with Crippen LogP contribution in [0.15, 0.2) is 35.1 Å². The molecule has 128 valence electrons. The Hall–Kier alpha value is -2.30. The number of aromatic amines is 1. The third-order valence-corrected chi connectivity index (χ3v) is 4.73. The average molecular weight is 328 g/mol. The summed E-state index contributed by atoms with van der Waals surface area (Å²) >= 11 is 0. The molecule has 1 fully saturated rings. The van der Waals surface area contributed by atoms with E-state index in [1.54, 1.807) is 18.2 Å². The van der Waals surface area contributed by atoms with Crippen LogP contribution in [-0.4, -0.2) is 35.0 Å². The summed E-state index contributed by atoms with van der Waals surface area (Å²) in [6, 6.07) is 9.02. The predicted octanol–water partition coefficient (Wildman–Crippen LogP) is 3.09. The van der Waals surface area contributed by atoms with E-state index in [1.807, 2.05) is 17.9 Å². The van der Waals surface area contributed by atoms with E-state index in [9.17, 15) is 9.59 Å². The number of benzene rings is 1. The van der Waals surface area contributed by atoms with Crippen LogP contribution in [0.2, 0.25) is 0 Å². The van der Waals surface area contributed by atoms with E-state index in [4.69, 9.17) is 4.74 Å². The summed E-state index contributed by atoms with van der Waals surface area (Å²) < 4.78 is 5.70. The van der Waals surface area contributed by atoms with Crippen LogP contribution in [0.5, 0.6) is 5.75 Å². The molecular weight excluding hydrogens is 304 g/mol. The highest BCUT2D eigenvalue weighted by Gasteiger charge is 2.24. The fourth-order valence-electron chi connectivity index (χ4n) is 3.48. The molecule has 0 aliphatic heterocycles. The zero-order valence-corrected chi connectivity index (χ0v) is 14.1. The zero-order valence-electron chi connectivity index (χ0n) is 14.1. The van der Waals surface area contributed by atoms with Gasteiger partial charge in [0.15, 0.2) is 6.61 Å². The smallest absolute Gasteiger partial charge is 0.260 e. The Bertz CT molecular complexity index is 763. The van der Waals surface area contributed by atoms with E-state index in [0.29, 0.717) is 11.8 Å². The summed E-state index contributed by atoms with van der Waals surface area (Å²) in [6.07, 6.45) is 5.89. The first-order valence-electron chi connectivity index (χ1n) is 8.72. The van der Waals surface area contributed by atoms with Gasteiger partial charge in [-0.2, -0.15) is 0 Å². The van der Waals surface area contributed by atoms with Crippen molar-refractivity contribution in [3.05, 3.63) is 40.7 Å². The van der Waals surface area contributed by atoms with Gasteiger partial charge in [-0.05, 0) is 44.0 Å². The number of H-pyrrole nitrogens is 1. The lowest BCUT2D eigenvalue weighted by Crippen LogP contribution is -2.43. The number of rotatable bonds is 5. The second kappa shape index (κ2) is 7.51. The van der Waals surface area contributed by atoms with Crippen molar-refractivity contribution >= 4 is 16.8 Å². The Balaban J connectivity index is 1.64. The van der Waals surface area contributed by atoms with Crippen molar-refractivity contribution in [2.45, 2.75) is 45.1 Å². The third kappa shape index (κ3) is 3.78. The van der Waals surface area contributed by atoms with Crippen LogP contribution >= 0.6 is 0 Å². The number of likely N-dealkylation sites (N-methyl/N-ethyl adjacent to an activating group) is 1. The van der Waals surface area contributed by atoms with Crippen LogP contribution in [-0.2, 0) is 4.79 Å². The Kier molecular flexibility index (Phi) is 5.18. The fraction of sp³-hybridized carbons (Fsp3) is 0.474. The lowest BCUT2D eigenvalue weighted by Gasteiger charge is -2.33. The molecule has 1 aliphatic rings. The number of amides is 1. The van der Waals surface area contributed by atoms with Gasteiger partial charge in [-0.3, -0.25) is 9.59 Å². The Morgan fingerprint density at radius 1 is 1.21 bits per heavy atom. The van der Waals surface area contributed by atoms with Crippen LogP contribution in [0.3, 0.4) is 0 Å². The van der Waals surface area contributed by atoms with E-state index in [0.717, 1.165) is 30.3 Å². The maximum atomic E-state index is 12.5. The van der Waals surface area contributed by atoms with E-state index >= 15 is 0 Å². The number of carbonyl (C=O) groups is 1. The van der Waals surface area contributed by atoms with Crippen molar-refractivity contribution in [3.63, 3.8) is 0 Å². The molecule has 0 unspecified atom stereocenters. The third-order valence-electron chi connectivity index (χ3n) is 4.73. The molecule has 3 rings (SSSR count). The molecule has 1 aromatic carbocycles. The van der Waals surface area contributed by atoms with Gasteiger partial charge in [-0.15, -0.1) is 0 Å². The molecular formula is C19H24N2O3. The number of hydrogen-bond donors (Lipinski definition) is 1. The molecule has 0 bridgehead atoms. The molecule has 1 aliphatic carbocycles. The standard InChI is InChI=1S/C19H24N2O3/c1-2-21(15-6-4-3-5-7-15)19(23)13-24-16-9-10-17-14(12-16)8-11-18(22)20-17/h8-12,15H,2-7,13H2,1H3,(H,20,22). The summed E-state index contributed by atoms with van der Waals surface area (Å²) in [4.78, 5) is 28.5. The topological polar surface area (TPSA) is 62.4 Å². The second-order valence-electron chi connectivity index (χ2n) is 6.33. The highest BCUT2D eigenvalue weighted by Crippen LogP contribution is 2.23. The van der Waals surface area contributed by atoms with Gasteiger partial charge in [0, 0.05) is 29.6 Å². The number of aromatic nitrogens is 1. The summed E-state index contributed by atoms with van der Waals surface area (Å²) in [5.74, 6) is 0.688. The van der Waals surface area contributed by atoms with Gasteiger partial charge < -0.3 is 14.6 Å². The minimum atomic E-state index is -0.127. The molecule has 0 saturated heterocycles. The van der Waals surface area contributed by atoms with E-state index in [1.165, 1.54) is 25.3 Å². The van der Waals surface area contributed by atoms with E-state index in [2.05, 4.69) is 4.98 Å². The zero-order chi connectivity index (χ0) is 16.9. The predicted molar refractivity (Wildman–Crippen MR) is 94.3 cm³/mol. The Morgan fingerprint density at radius 2 is 2.00 bits per heavy atom. The fourth-order valence-corrected chi connectivity index (χ4v) is 3.48. The van der Waals surface area contributed by atoms with Crippen LogP contribution in [0, 0.1) is 0 Å². The quantitative estimate of drug-likeness (QED) is 0.917. The lowest BCUT2D eigenvalue weighted by atomic mass is 9.94. The van der Waals surface area contributed by atoms with Crippen LogP contribution in [0.25, 0.3) is 10.9 Å². The van der Waals surface area contributed by atoms with Crippen molar-refractivity contribution in [1.82, 2.24) is 9.88 Å². The first kappa shape index (κ1) is 16.6. The summed E-state index contributed by atoms with van der Waals surface area (Å²) in [7, 11) is 0. The van der Waals surface area contributed by atoms with Crippen LogP contribution in [0.4, 0.5) is 0 Å². The lowest BCUT2D eigenvalue weighted by molar-refractivity contribution is -0.136. The van der Waals surface area contributed by atoms with Crippen LogP contribution < -0.4 is 10.3 Å². The normalized spacial score (nSPS) is 15.4. The van der Waals surface area contributed by atoms with Crippen molar-refractivity contribution in [2.75, 3.05) is 13.2 Å². The van der Waals surface area contributed by atoms with E-state index in [-0.39, 0.29) is 18.1 Å². The molecule has 5 heteroatoms. The van der Waals surface area contributed by atoms with Gasteiger partial charge in [0.05, 0.1) is 0 Å². The monoisotopic (exact) mass is 328 g/mol. The maximum absolute atomic E-state index is 12.5. The first-order valence-corrected chi connectivity index (χ1v) is 8.72. The maximum Gasteiger partial charge on any atom is 0.260 e. The number of pyridine rings is 1. The van der Waals surface area contributed by atoms with Crippen molar-refractivity contribution < 1.29 is 9.53 Å². The van der Waals surface area contributed by atoms with Crippen molar-refractivity contribution in [2.24, 2.45) is 0 Å². The Labute approximate surface area is 141 Å². The molecule has 24 heavy (non-hydrogen) atoms. The highest BCUT2D eigenvalue weighted by atomic mass is 16.5. The first-order chi connectivity index (χ1) is 11.7. The molecule has 0 radical (unpaired) electrons. The summed E-state index contributed by atoms with van der Waals surface area (Å²) in [5.41, 5.74) is 0.635. The van der Waals surface area contributed by atoms with Gasteiger partial charge in [0.1, 0.15) is 5.75 Å². The molecule has 1 heterocycles. The van der Waals surface area contributed by atoms with Crippen molar-refractivity contribution in [1.29, 1.82) is 0 Å². The number of ether oxygens (including phenoxy) is 1. The molecule has 1 aromatic heterocycles. The summed E-state index contributed by atoms with van der Waals surface area (Å²) in [5, 5.41) is 0.888. The highest BCUT2D eigenvalue weighted by molar-refractivity contribution is 5.80. The van der Waals surface area contributed by atoms with Gasteiger partial charge in [0.2, 0.25) is 5.56 Å². The largest absolute Gasteiger partial charge is 0.484 e. The van der Waals surface area contributed by atoms with Crippen LogP contribution in [0.1, 0.15) is 39.0 Å². The SMILES string of the molecule is CCN(C(=O)COc1ccc2[nH]c(=O)ccc2c1)C1CCCCC1. The molecule has 0 atom stereocenters. The second-order valence-corrected chi connectivity index (χ2v) is 6.33. The average Bonchev–Trinajstić information content (AvgIpc) is 2.61. The summed E-state index contributed by atoms with van der Waals surface area (Å²) in [6.45, 7) is 2.81. The number of nitrogens with zero attached hydrogens (tertiary/aromatic N) is 1. The molecule has 1 N–H and O–H groups in total. The van der Waals surface area contributed by atoms with Gasteiger partial charge >= 0.3 is 0 Å². The van der Waals surface area contributed by atoms with Gasteiger partial charge in [-0.1, -0.05) is 19.3 Å². The minimum absolute atomic E-state index is 0.0472. The Morgan fingerprint density at radius 3 is 2.75 bits per heavy atom. The molecule has 0 spiro atoms. The van der Waals surface area contributed by atoms with Crippen molar-refractivity contribution in [3.8, 4) is 5.75 Å². The molecule has 2 aromatic rings.